The van der Waals surface area contributed by atoms with E-state index >= 15 is 0 Å². The summed E-state index contributed by atoms with van der Waals surface area (Å²) >= 11 is 1.38. The molecule has 0 saturated carbocycles. The van der Waals surface area contributed by atoms with E-state index < -0.39 is 0 Å². The van der Waals surface area contributed by atoms with Gasteiger partial charge in [-0.2, -0.15) is 0 Å². The number of nitrogens with one attached hydrogen (secondary N) is 1. The summed E-state index contributed by atoms with van der Waals surface area (Å²) in [5.74, 6) is -0.0150. The Morgan fingerprint density at radius 1 is 1.67 bits per heavy atom. The topological polar surface area (TPSA) is 49.4 Å². The van der Waals surface area contributed by atoms with Gasteiger partial charge in [-0.15, -0.1) is 11.3 Å². The monoisotopic (exact) mass is 226 g/mol. The van der Waals surface area contributed by atoms with Crippen molar-refractivity contribution in [3.63, 3.8) is 0 Å². The van der Waals surface area contributed by atoms with Gasteiger partial charge in [-0.1, -0.05) is 0 Å². The van der Waals surface area contributed by atoms with Gasteiger partial charge >= 0.3 is 0 Å². The third kappa shape index (κ3) is 3.36. The number of carbonyl (C=O) groups is 2. The quantitative estimate of drug-likeness (QED) is 0.766. The second kappa shape index (κ2) is 5.50. The number of thiophene rings is 1. The van der Waals surface area contributed by atoms with Crippen LogP contribution in [-0.2, 0) is 4.79 Å². The van der Waals surface area contributed by atoms with Gasteiger partial charge in [0.2, 0.25) is 5.91 Å². The van der Waals surface area contributed by atoms with Crippen molar-refractivity contribution in [1.82, 2.24) is 5.32 Å². The molecule has 0 bridgehead atoms. The lowest BCUT2D eigenvalue weighted by molar-refractivity contribution is -0.119. The third-order valence-corrected chi connectivity index (χ3v) is 2.76. The smallest absolute Gasteiger partial charge is 0.239 e. The summed E-state index contributed by atoms with van der Waals surface area (Å²) in [5.41, 5.74) is 0.897. The lowest BCUT2D eigenvalue weighted by atomic mass is 10.4. The molecule has 0 aromatic carbocycles. The predicted molar refractivity (Wildman–Crippen MR) is 61.7 cm³/mol. The van der Waals surface area contributed by atoms with Gasteiger partial charge in [0.05, 0.1) is 11.4 Å². The van der Waals surface area contributed by atoms with Crippen molar-refractivity contribution in [2.75, 3.05) is 25.0 Å². The Morgan fingerprint density at radius 2 is 2.40 bits per heavy atom. The Hall–Kier alpha value is -1.36. The number of anilines is 1. The van der Waals surface area contributed by atoms with Crippen LogP contribution in [0.2, 0.25) is 0 Å². The molecule has 1 N–H and O–H groups in total. The Kier molecular flexibility index (Phi) is 4.30. The molecule has 1 aromatic heterocycles. The Morgan fingerprint density at radius 3 is 2.93 bits per heavy atom. The summed E-state index contributed by atoms with van der Waals surface area (Å²) in [6, 6.07) is 1.77. The first kappa shape index (κ1) is 11.7. The molecule has 0 aliphatic heterocycles. The highest BCUT2D eigenvalue weighted by atomic mass is 32.1. The largest absolute Gasteiger partial charge is 0.365 e. The summed E-state index contributed by atoms with van der Waals surface area (Å²) in [5, 5.41) is 4.58. The first-order chi connectivity index (χ1) is 7.17. The van der Waals surface area contributed by atoms with Crippen molar-refractivity contribution in [1.29, 1.82) is 0 Å². The molecule has 1 amide bonds. The Balaban J connectivity index is 2.56. The van der Waals surface area contributed by atoms with Crippen LogP contribution < -0.4 is 10.2 Å². The Bertz CT molecular complexity index is 349. The zero-order chi connectivity index (χ0) is 11.3. The van der Waals surface area contributed by atoms with Crippen molar-refractivity contribution < 1.29 is 9.59 Å². The minimum atomic E-state index is -0.0150. The van der Waals surface area contributed by atoms with E-state index in [2.05, 4.69) is 5.32 Å². The van der Waals surface area contributed by atoms with E-state index in [1.165, 1.54) is 11.3 Å². The number of likely N-dealkylation sites (N-methyl/N-ethyl adjacent to an activating group) is 2. The zero-order valence-electron chi connectivity index (χ0n) is 8.82. The molecule has 0 fully saturated rings. The number of carbonyl (C=O) groups excluding carboxylic acids is 2. The van der Waals surface area contributed by atoms with E-state index in [9.17, 15) is 9.59 Å². The third-order valence-electron chi connectivity index (χ3n) is 1.92. The zero-order valence-corrected chi connectivity index (χ0v) is 9.63. The minimum Gasteiger partial charge on any atom is -0.365 e. The molecular weight excluding hydrogens is 212 g/mol. The lowest BCUT2D eigenvalue weighted by Gasteiger charge is -2.16. The standard InChI is InChI=1S/C10H14N2O2S/c1-3-11-10(14)5-12(2)8-4-9(6-13)15-7-8/h4,6-7H,3,5H2,1-2H3,(H,11,14). The molecule has 0 aliphatic rings. The van der Waals surface area contributed by atoms with Gasteiger partial charge in [0.25, 0.3) is 0 Å². The SMILES string of the molecule is CCNC(=O)CN(C)c1csc(C=O)c1. The maximum atomic E-state index is 11.3. The van der Waals surface area contributed by atoms with E-state index in [4.69, 9.17) is 0 Å². The molecule has 0 unspecified atom stereocenters. The van der Waals surface area contributed by atoms with E-state index in [1.54, 1.807) is 6.07 Å². The molecule has 0 aliphatic carbocycles. The number of hydrogen-bond acceptors (Lipinski definition) is 4. The molecule has 0 radical (unpaired) electrons. The summed E-state index contributed by atoms with van der Waals surface area (Å²) in [6.07, 6.45) is 0.814. The average Bonchev–Trinajstić information content (AvgIpc) is 2.66. The van der Waals surface area contributed by atoms with Gasteiger partial charge in [0.15, 0.2) is 6.29 Å². The fourth-order valence-corrected chi connectivity index (χ4v) is 1.91. The highest BCUT2D eigenvalue weighted by molar-refractivity contribution is 7.12. The van der Waals surface area contributed by atoms with Crippen LogP contribution in [0.15, 0.2) is 11.4 Å². The van der Waals surface area contributed by atoms with E-state index in [0.29, 0.717) is 18.0 Å². The molecule has 1 rings (SSSR count). The minimum absolute atomic E-state index is 0.0150. The molecule has 4 nitrogen and oxygen atoms in total. The van der Waals surface area contributed by atoms with Crippen LogP contribution in [-0.4, -0.2) is 32.3 Å². The maximum Gasteiger partial charge on any atom is 0.239 e. The molecular formula is C10H14N2O2S. The second-order valence-corrected chi connectivity index (χ2v) is 4.08. The van der Waals surface area contributed by atoms with E-state index in [-0.39, 0.29) is 5.91 Å². The lowest BCUT2D eigenvalue weighted by Crippen LogP contribution is -2.34. The van der Waals surface area contributed by atoms with Crippen LogP contribution in [0.3, 0.4) is 0 Å². The second-order valence-electron chi connectivity index (χ2n) is 3.13. The molecule has 0 saturated heterocycles. The van der Waals surface area contributed by atoms with Crippen molar-refractivity contribution in [2.45, 2.75) is 6.92 Å². The Labute approximate surface area is 92.9 Å². The van der Waals surface area contributed by atoms with Crippen molar-refractivity contribution in [2.24, 2.45) is 0 Å². The van der Waals surface area contributed by atoms with Crippen LogP contribution in [0.1, 0.15) is 16.6 Å². The fourth-order valence-electron chi connectivity index (χ4n) is 1.16. The predicted octanol–water partition coefficient (Wildman–Crippen LogP) is 1.13. The highest BCUT2D eigenvalue weighted by Crippen LogP contribution is 2.20. The molecule has 0 atom stereocenters. The van der Waals surface area contributed by atoms with Crippen LogP contribution in [0, 0.1) is 0 Å². The molecule has 82 valence electrons. The van der Waals surface area contributed by atoms with Gasteiger partial charge < -0.3 is 10.2 Å². The van der Waals surface area contributed by atoms with E-state index in [0.717, 1.165) is 12.0 Å². The van der Waals surface area contributed by atoms with Crippen LogP contribution in [0.5, 0.6) is 0 Å². The molecule has 15 heavy (non-hydrogen) atoms. The number of hydrogen-bond donors (Lipinski definition) is 1. The normalized spacial score (nSPS) is 9.73. The van der Waals surface area contributed by atoms with Crippen molar-refractivity contribution in [3.8, 4) is 0 Å². The van der Waals surface area contributed by atoms with Crippen molar-refractivity contribution >= 4 is 29.2 Å². The summed E-state index contributed by atoms with van der Waals surface area (Å²) in [4.78, 5) is 24.3. The fraction of sp³-hybridized carbons (Fsp3) is 0.400. The summed E-state index contributed by atoms with van der Waals surface area (Å²) in [7, 11) is 1.83. The molecule has 0 spiro atoms. The average molecular weight is 226 g/mol. The first-order valence-electron chi connectivity index (χ1n) is 4.69. The van der Waals surface area contributed by atoms with Gasteiger partial charge in [0.1, 0.15) is 0 Å². The van der Waals surface area contributed by atoms with Crippen LogP contribution in [0.25, 0.3) is 0 Å². The first-order valence-corrected chi connectivity index (χ1v) is 5.57. The van der Waals surface area contributed by atoms with Gasteiger partial charge in [0, 0.05) is 24.7 Å². The van der Waals surface area contributed by atoms with Crippen LogP contribution in [0.4, 0.5) is 5.69 Å². The number of amides is 1. The maximum absolute atomic E-state index is 11.3. The van der Waals surface area contributed by atoms with Gasteiger partial charge in [-0.3, -0.25) is 9.59 Å². The molecule has 1 heterocycles. The van der Waals surface area contributed by atoms with E-state index in [1.807, 2.05) is 24.3 Å². The van der Waals surface area contributed by atoms with Gasteiger partial charge in [-0.25, -0.2) is 0 Å². The number of aldehydes is 1. The molecule has 5 heteroatoms. The van der Waals surface area contributed by atoms with Gasteiger partial charge in [-0.05, 0) is 13.0 Å². The van der Waals surface area contributed by atoms with Crippen LogP contribution >= 0.6 is 11.3 Å². The molecule has 1 aromatic rings. The number of rotatable bonds is 5. The summed E-state index contributed by atoms with van der Waals surface area (Å²) < 4.78 is 0. The summed E-state index contributed by atoms with van der Waals surface area (Å²) in [6.45, 7) is 2.83. The number of nitrogens with zero attached hydrogens (tertiary/aromatic N) is 1. The highest BCUT2D eigenvalue weighted by Gasteiger charge is 2.08. The van der Waals surface area contributed by atoms with Crippen molar-refractivity contribution in [3.05, 3.63) is 16.3 Å².